The second-order valence-corrected chi connectivity index (χ2v) is 6.55. The van der Waals surface area contributed by atoms with Gasteiger partial charge in [-0.3, -0.25) is 9.89 Å². The standard InChI is InChI=1S/C10H17N3O3S/c1-7(2)8-6-9(13-12-8)11-10(14)4-5-17(3,15)16/h6-7H,4-5H2,1-3H3,(H2,11,12,13,14). The Labute approximate surface area is 101 Å². The summed E-state index contributed by atoms with van der Waals surface area (Å²) < 4.78 is 21.8. The summed E-state index contributed by atoms with van der Waals surface area (Å²) in [4.78, 5) is 11.4. The van der Waals surface area contributed by atoms with E-state index in [9.17, 15) is 13.2 Å². The molecule has 0 radical (unpaired) electrons. The summed E-state index contributed by atoms with van der Waals surface area (Å²) in [5, 5.41) is 9.26. The molecule has 0 spiro atoms. The zero-order chi connectivity index (χ0) is 13.1. The van der Waals surface area contributed by atoms with Crippen LogP contribution >= 0.6 is 0 Å². The van der Waals surface area contributed by atoms with Gasteiger partial charge in [0.05, 0.1) is 5.75 Å². The van der Waals surface area contributed by atoms with Crippen molar-refractivity contribution >= 4 is 21.6 Å². The molecule has 0 saturated carbocycles. The van der Waals surface area contributed by atoms with Crippen molar-refractivity contribution in [2.75, 3.05) is 17.3 Å². The molecule has 0 saturated heterocycles. The summed E-state index contributed by atoms with van der Waals surface area (Å²) >= 11 is 0. The molecule has 1 heterocycles. The Morgan fingerprint density at radius 3 is 2.65 bits per heavy atom. The molecular formula is C10H17N3O3S. The molecule has 0 atom stereocenters. The van der Waals surface area contributed by atoms with Crippen LogP contribution in [-0.4, -0.2) is 36.5 Å². The SMILES string of the molecule is CC(C)c1cc(NC(=O)CCS(C)(=O)=O)n[nH]1. The molecular weight excluding hydrogens is 242 g/mol. The lowest BCUT2D eigenvalue weighted by molar-refractivity contribution is -0.115. The third kappa shape index (κ3) is 4.99. The maximum Gasteiger partial charge on any atom is 0.226 e. The van der Waals surface area contributed by atoms with Crippen LogP contribution in [0, 0.1) is 0 Å². The van der Waals surface area contributed by atoms with Crippen molar-refractivity contribution < 1.29 is 13.2 Å². The Balaban J connectivity index is 2.51. The molecule has 1 aromatic heterocycles. The zero-order valence-corrected chi connectivity index (χ0v) is 11.0. The second kappa shape index (κ2) is 5.31. The van der Waals surface area contributed by atoms with Gasteiger partial charge in [-0.2, -0.15) is 5.10 Å². The second-order valence-electron chi connectivity index (χ2n) is 4.29. The Morgan fingerprint density at radius 1 is 1.53 bits per heavy atom. The van der Waals surface area contributed by atoms with Crippen LogP contribution in [0.3, 0.4) is 0 Å². The van der Waals surface area contributed by atoms with Crippen LogP contribution in [0.25, 0.3) is 0 Å². The summed E-state index contributed by atoms with van der Waals surface area (Å²) in [6.45, 7) is 4.01. The highest BCUT2D eigenvalue weighted by molar-refractivity contribution is 7.90. The minimum Gasteiger partial charge on any atom is -0.309 e. The number of hydrogen-bond acceptors (Lipinski definition) is 4. The van der Waals surface area contributed by atoms with Gasteiger partial charge in [-0.05, 0) is 5.92 Å². The highest BCUT2D eigenvalue weighted by atomic mass is 32.2. The molecule has 1 rings (SSSR count). The van der Waals surface area contributed by atoms with Crippen molar-refractivity contribution in [2.24, 2.45) is 0 Å². The van der Waals surface area contributed by atoms with E-state index in [0.717, 1.165) is 11.9 Å². The number of nitrogens with one attached hydrogen (secondary N) is 2. The molecule has 0 aliphatic rings. The molecule has 1 aromatic rings. The number of carbonyl (C=O) groups excluding carboxylic acids is 1. The van der Waals surface area contributed by atoms with Gasteiger partial charge in [0.15, 0.2) is 5.82 Å². The first-order chi connectivity index (χ1) is 7.78. The summed E-state index contributed by atoms with van der Waals surface area (Å²) in [6, 6.07) is 1.74. The predicted molar refractivity (Wildman–Crippen MR) is 65.6 cm³/mol. The number of aromatic amines is 1. The normalized spacial score (nSPS) is 11.8. The fourth-order valence-corrected chi connectivity index (χ4v) is 1.74. The molecule has 96 valence electrons. The quantitative estimate of drug-likeness (QED) is 0.822. The van der Waals surface area contributed by atoms with Crippen molar-refractivity contribution in [1.82, 2.24) is 10.2 Å². The minimum atomic E-state index is -3.11. The molecule has 17 heavy (non-hydrogen) atoms. The van der Waals surface area contributed by atoms with Crippen molar-refractivity contribution in [3.63, 3.8) is 0 Å². The van der Waals surface area contributed by atoms with E-state index >= 15 is 0 Å². The average molecular weight is 259 g/mol. The van der Waals surface area contributed by atoms with E-state index < -0.39 is 9.84 Å². The van der Waals surface area contributed by atoms with Crippen LogP contribution in [0.5, 0.6) is 0 Å². The maximum absolute atomic E-state index is 11.4. The van der Waals surface area contributed by atoms with Crippen LogP contribution in [0.15, 0.2) is 6.07 Å². The number of anilines is 1. The topological polar surface area (TPSA) is 91.9 Å². The van der Waals surface area contributed by atoms with Gasteiger partial charge in [-0.1, -0.05) is 13.8 Å². The van der Waals surface area contributed by atoms with E-state index in [1.54, 1.807) is 6.07 Å². The number of amides is 1. The number of aromatic nitrogens is 2. The third-order valence-corrected chi connectivity index (χ3v) is 3.13. The van der Waals surface area contributed by atoms with E-state index in [2.05, 4.69) is 15.5 Å². The summed E-state index contributed by atoms with van der Waals surface area (Å²) in [5.74, 6) is 0.217. The number of carbonyl (C=O) groups is 1. The molecule has 0 fully saturated rings. The fourth-order valence-electron chi connectivity index (χ4n) is 1.18. The van der Waals surface area contributed by atoms with Gasteiger partial charge in [0.25, 0.3) is 0 Å². The van der Waals surface area contributed by atoms with Gasteiger partial charge in [-0.25, -0.2) is 8.42 Å². The number of H-pyrrole nitrogens is 1. The largest absolute Gasteiger partial charge is 0.309 e. The van der Waals surface area contributed by atoms with Crippen LogP contribution < -0.4 is 5.32 Å². The van der Waals surface area contributed by atoms with E-state index in [4.69, 9.17) is 0 Å². The van der Waals surface area contributed by atoms with Crippen LogP contribution in [0.2, 0.25) is 0 Å². The first-order valence-electron chi connectivity index (χ1n) is 5.31. The average Bonchev–Trinajstić information content (AvgIpc) is 2.62. The van der Waals surface area contributed by atoms with E-state index in [-0.39, 0.29) is 18.1 Å². The van der Waals surface area contributed by atoms with Gasteiger partial charge in [-0.15, -0.1) is 0 Å². The van der Waals surface area contributed by atoms with Crippen LogP contribution in [-0.2, 0) is 14.6 Å². The lowest BCUT2D eigenvalue weighted by Crippen LogP contribution is -2.16. The summed E-state index contributed by atoms with van der Waals surface area (Å²) in [6.07, 6.45) is 1.05. The lowest BCUT2D eigenvalue weighted by Gasteiger charge is -2.00. The van der Waals surface area contributed by atoms with Crippen molar-refractivity contribution in [1.29, 1.82) is 0 Å². The summed E-state index contributed by atoms with van der Waals surface area (Å²) in [7, 11) is -3.11. The molecule has 0 unspecified atom stereocenters. The molecule has 6 nitrogen and oxygen atoms in total. The lowest BCUT2D eigenvalue weighted by atomic mass is 10.1. The Morgan fingerprint density at radius 2 is 2.18 bits per heavy atom. The number of nitrogens with zero attached hydrogens (tertiary/aromatic N) is 1. The van der Waals surface area contributed by atoms with Gasteiger partial charge in [0.2, 0.25) is 5.91 Å². The maximum atomic E-state index is 11.4. The third-order valence-electron chi connectivity index (χ3n) is 2.19. The van der Waals surface area contributed by atoms with Gasteiger partial charge in [0, 0.05) is 24.4 Å². The summed E-state index contributed by atoms with van der Waals surface area (Å²) in [5.41, 5.74) is 0.920. The van der Waals surface area contributed by atoms with Gasteiger partial charge in [0.1, 0.15) is 9.84 Å². The predicted octanol–water partition coefficient (Wildman–Crippen LogP) is 0.906. The minimum absolute atomic E-state index is 0.0529. The van der Waals surface area contributed by atoms with E-state index in [1.165, 1.54) is 0 Å². The fraction of sp³-hybridized carbons (Fsp3) is 0.600. The van der Waals surface area contributed by atoms with Crippen molar-refractivity contribution in [3.8, 4) is 0 Å². The molecule has 1 amide bonds. The highest BCUT2D eigenvalue weighted by Gasteiger charge is 2.10. The number of hydrogen-bond donors (Lipinski definition) is 2. The van der Waals surface area contributed by atoms with Crippen molar-refractivity contribution in [3.05, 3.63) is 11.8 Å². The molecule has 0 aliphatic carbocycles. The van der Waals surface area contributed by atoms with Crippen LogP contribution in [0.1, 0.15) is 31.9 Å². The van der Waals surface area contributed by atoms with Gasteiger partial charge < -0.3 is 5.32 Å². The zero-order valence-electron chi connectivity index (χ0n) is 10.1. The van der Waals surface area contributed by atoms with E-state index in [0.29, 0.717) is 11.7 Å². The monoisotopic (exact) mass is 259 g/mol. The Hall–Kier alpha value is -1.37. The van der Waals surface area contributed by atoms with E-state index in [1.807, 2.05) is 13.8 Å². The first kappa shape index (κ1) is 13.7. The van der Waals surface area contributed by atoms with Gasteiger partial charge >= 0.3 is 0 Å². The molecule has 7 heteroatoms. The Bertz CT molecular complexity index is 491. The molecule has 2 N–H and O–H groups in total. The van der Waals surface area contributed by atoms with Crippen LogP contribution in [0.4, 0.5) is 5.82 Å². The smallest absolute Gasteiger partial charge is 0.226 e. The first-order valence-corrected chi connectivity index (χ1v) is 7.37. The highest BCUT2D eigenvalue weighted by Crippen LogP contribution is 2.14. The molecule has 0 bridgehead atoms. The van der Waals surface area contributed by atoms with Crippen molar-refractivity contribution in [2.45, 2.75) is 26.2 Å². The molecule has 0 aromatic carbocycles. The number of rotatable bonds is 5. The molecule has 0 aliphatic heterocycles. The Kier molecular flexibility index (Phi) is 4.28. The number of sulfone groups is 1.